The number of hydrogen-bond donors (Lipinski definition) is 1. The van der Waals surface area contributed by atoms with Gasteiger partial charge in [-0.25, -0.2) is 4.79 Å². The molecule has 1 heterocycles. The Hall–Kier alpha value is -1.52. The van der Waals surface area contributed by atoms with Gasteiger partial charge in [-0.05, 0) is 32.6 Å². The Morgan fingerprint density at radius 2 is 2.11 bits per heavy atom. The molecule has 0 aromatic rings. The van der Waals surface area contributed by atoms with Gasteiger partial charge >= 0.3 is 6.09 Å². The number of amides is 2. The van der Waals surface area contributed by atoms with Gasteiger partial charge in [0.15, 0.2) is 0 Å². The van der Waals surface area contributed by atoms with Gasteiger partial charge in [-0.3, -0.25) is 4.79 Å². The van der Waals surface area contributed by atoms with E-state index in [0.717, 1.165) is 0 Å². The van der Waals surface area contributed by atoms with E-state index in [4.69, 9.17) is 10.5 Å². The van der Waals surface area contributed by atoms with Crippen LogP contribution in [-0.2, 0) is 9.53 Å². The Labute approximate surface area is 113 Å². The maximum absolute atomic E-state index is 12.0. The molecule has 2 aliphatic rings. The van der Waals surface area contributed by atoms with Gasteiger partial charge in [0.05, 0.1) is 0 Å². The van der Waals surface area contributed by atoms with Gasteiger partial charge in [0.2, 0.25) is 5.91 Å². The van der Waals surface area contributed by atoms with Crippen molar-refractivity contribution < 1.29 is 14.3 Å². The number of hydrogen-bond acceptors (Lipinski definition) is 3. The van der Waals surface area contributed by atoms with E-state index in [1.54, 1.807) is 4.90 Å². The van der Waals surface area contributed by atoms with E-state index in [2.05, 4.69) is 6.92 Å². The van der Waals surface area contributed by atoms with Crippen LogP contribution in [0.4, 0.5) is 4.79 Å². The summed E-state index contributed by atoms with van der Waals surface area (Å²) < 4.78 is 5.38. The summed E-state index contributed by atoms with van der Waals surface area (Å²) in [6, 6.07) is 0. The van der Waals surface area contributed by atoms with Crippen LogP contribution in [0.1, 0.15) is 34.1 Å². The second kappa shape index (κ2) is 4.25. The van der Waals surface area contributed by atoms with Crippen molar-refractivity contribution in [3.05, 3.63) is 11.6 Å². The van der Waals surface area contributed by atoms with E-state index in [9.17, 15) is 9.59 Å². The summed E-state index contributed by atoms with van der Waals surface area (Å²) in [6.07, 6.45) is 2.29. The molecule has 1 aliphatic carbocycles. The fourth-order valence-electron chi connectivity index (χ4n) is 2.89. The van der Waals surface area contributed by atoms with Gasteiger partial charge in [-0.15, -0.1) is 0 Å². The van der Waals surface area contributed by atoms with Crippen LogP contribution in [0.5, 0.6) is 0 Å². The standard InChI is InChI=1S/C14H22N2O3/c1-13(2,3)19-12(18)16-7-10-5-9(11(15)17)6-14(10,4)8-16/h5,10H,6-8H2,1-4H3,(H2,15,17). The van der Waals surface area contributed by atoms with E-state index in [0.29, 0.717) is 25.1 Å². The predicted octanol–water partition coefficient (Wildman–Crippen LogP) is 1.67. The molecule has 106 valence electrons. The first-order valence-corrected chi connectivity index (χ1v) is 6.59. The van der Waals surface area contributed by atoms with Gasteiger partial charge in [-0.1, -0.05) is 13.0 Å². The van der Waals surface area contributed by atoms with E-state index < -0.39 is 5.60 Å². The molecule has 0 radical (unpaired) electrons. The average Bonchev–Trinajstić information content (AvgIpc) is 2.66. The van der Waals surface area contributed by atoms with Crippen LogP contribution in [0.25, 0.3) is 0 Å². The minimum Gasteiger partial charge on any atom is -0.444 e. The van der Waals surface area contributed by atoms with Crippen molar-refractivity contribution in [3.8, 4) is 0 Å². The van der Waals surface area contributed by atoms with Crippen LogP contribution in [-0.4, -0.2) is 35.6 Å². The highest BCUT2D eigenvalue weighted by Crippen LogP contribution is 2.47. The summed E-state index contributed by atoms with van der Waals surface area (Å²) in [6.45, 7) is 8.87. The third-order valence-electron chi connectivity index (χ3n) is 3.83. The average molecular weight is 266 g/mol. The van der Waals surface area contributed by atoms with Crippen LogP contribution in [0.3, 0.4) is 0 Å². The molecule has 0 saturated carbocycles. The monoisotopic (exact) mass is 266 g/mol. The summed E-state index contributed by atoms with van der Waals surface area (Å²) >= 11 is 0. The number of primary amides is 1. The first kappa shape index (κ1) is 13.9. The maximum Gasteiger partial charge on any atom is 0.410 e. The van der Waals surface area contributed by atoms with Crippen molar-refractivity contribution in [2.75, 3.05) is 13.1 Å². The Morgan fingerprint density at radius 3 is 2.58 bits per heavy atom. The van der Waals surface area contributed by atoms with Crippen molar-refractivity contribution in [2.24, 2.45) is 17.1 Å². The van der Waals surface area contributed by atoms with Crippen LogP contribution in [0.2, 0.25) is 0 Å². The molecule has 2 N–H and O–H groups in total. The topological polar surface area (TPSA) is 72.6 Å². The molecule has 1 fully saturated rings. The number of nitrogens with two attached hydrogens (primary N) is 1. The third kappa shape index (κ3) is 2.74. The highest BCUT2D eigenvalue weighted by molar-refractivity contribution is 5.92. The van der Waals surface area contributed by atoms with Crippen molar-refractivity contribution in [1.82, 2.24) is 4.90 Å². The molecule has 1 saturated heterocycles. The number of carbonyl (C=O) groups excluding carboxylic acids is 2. The van der Waals surface area contributed by atoms with Gasteiger partial charge < -0.3 is 15.4 Å². The number of nitrogens with zero attached hydrogens (tertiary/aromatic N) is 1. The number of likely N-dealkylation sites (tertiary alicyclic amines) is 1. The summed E-state index contributed by atoms with van der Waals surface area (Å²) in [5.41, 5.74) is 5.45. The van der Waals surface area contributed by atoms with Crippen LogP contribution >= 0.6 is 0 Å². The zero-order valence-electron chi connectivity index (χ0n) is 12.0. The van der Waals surface area contributed by atoms with E-state index >= 15 is 0 Å². The Kier molecular flexibility index (Phi) is 3.11. The normalized spacial score (nSPS) is 30.0. The Balaban J connectivity index is 2.05. The molecule has 0 spiro atoms. The third-order valence-corrected chi connectivity index (χ3v) is 3.83. The molecule has 2 atom stereocenters. The Morgan fingerprint density at radius 1 is 1.47 bits per heavy atom. The zero-order chi connectivity index (χ0) is 14.4. The molecule has 19 heavy (non-hydrogen) atoms. The van der Waals surface area contributed by atoms with E-state index in [1.807, 2.05) is 26.8 Å². The van der Waals surface area contributed by atoms with Crippen LogP contribution in [0, 0.1) is 11.3 Å². The molecular formula is C14H22N2O3. The first-order chi connectivity index (χ1) is 8.61. The van der Waals surface area contributed by atoms with Crippen LogP contribution < -0.4 is 5.73 Å². The second-order valence-corrected chi connectivity index (χ2v) is 6.85. The maximum atomic E-state index is 12.0. The minimum absolute atomic E-state index is 0.0821. The lowest BCUT2D eigenvalue weighted by Crippen LogP contribution is -2.36. The number of ether oxygens (including phenoxy) is 1. The summed E-state index contributed by atoms with van der Waals surface area (Å²) in [4.78, 5) is 25.0. The first-order valence-electron chi connectivity index (χ1n) is 6.59. The number of carbonyl (C=O) groups is 2. The number of rotatable bonds is 1. The van der Waals surface area contributed by atoms with Crippen LogP contribution in [0.15, 0.2) is 11.6 Å². The zero-order valence-corrected chi connectivity index (χ0v) is 12.0. The quantitative estimate of drug-likeness (QED) is 0.784. The Bertz CT molecular complexity index is 450. The van der Waals surface area contributed by atoms with Gasteiger partial charge in [0.25, 0.3) is 0 Å². The lowest BCUT2D eigenvalue weighted by molar-refractivity contribution is -0.114. The van der Waals surface area contributed by atoms with Crippen molar-refractivity contribution in [3.63, 3.8) is 0 Å². The van der Waals surface area contributed by atoms with Crippen molar-refractivity contribution in [2.45, 2.75) is 39.7 Å². The second-order valence-electron chi connectivity index (χ2n) is 6.85. The largest absolute Gasteiger partial charge is 0.444 e. The molecule has 0 aromatic heterocycles. The van der Waals surface area contributed by atoms with Gasteiger partial charge in [0, 0.05) is 24.6 Å². The SMILES string of the molecule is CC(C)(C)OC(=O)N1CC2C=C(C(N)=O)CC2(C)C1. The minimum atomic E-state index is -0.482. The molecule has 0 aromatic carbocycles. The summed E-state index contributed by atoms with van der Waals surface area (Å²) in [5, 5.41) is 0. The predicted molar refractivity (Wildman–Crippen MR) is 71.3 cm³/mol. The fraction of sp³-hybridized carbons (Fsp3) is 0.714. The highest BCUT2D eigenvalue weighted by Gasteiger charge is 2.48. The van der Waals surface area contributed by atoms with Crippen molar-refractivity contribution >= 4 is 12.0 Å². The molecule has 2 unspecified atom stereocenters. The van der Waals surface area contributed by atoms with Gasteiger partial charge in [-0.2, -0.15) is 0 Å². The molecule has 0 bridgehead atoms. The summed E-state index contributed by atoms with van der Waals surface area (Å²) in [5.74, 6) is -0.151. The fourth-order valence-corrected chi connectivity index (χ4v) is 2.89. The molecule has 5 heteroatoms. The lowest BCUT2D eigenvalue weighted by Gasteiger charge is -2.26. The van der Waals surface area contributed by atoms with E-state index in [-0.39, 0.29) is 23.3 Å². The summed E-state index contributed by atoms with van der Waals surface area (Å²) in [7, 11) is 0. The molecule has 2 amide bonds. The number of fused-ring (bicyclic) bond motifs is 1. The lowest BCUT2D eigenvalue weighted by atomic mass is 9.82. The van der Waals surface area contributed by atoms with E-state index in [1.165, 1.54) is 0 Å². The molecule has 2 rings (SSSR count). The molecular weight excluding hydrogens is 244 g/mol. The van der Waals surface area contributed by atoms with Gasteiger partial charge in [0.1, 0.15) is 5.60 Å². The highest BCUT2D eigenvalue weighted by atomic mass is 16.6. The smallest absolute Gasteiger partial charge is 0.410 e. The molecule has 5 nitrogen and oxygen atoms in total. The molecule has 1 aliphatic heterocycles. The van der Waals surface area contributed by atoms with Crippen molar-refractivity contribution in [1.29, 1.82) is 0 Å².